The van der Waals surface area contributed by atoms with Gasteiger partial charge in [0.05, 0.1) is 11.7 Å². The number of rotatable bonds is 1. The quantitative estimate of drug-likeness (QED) is 0.861. The summed E-state index contributed by atoms with van der Waals surface area (Å²) < 4.78 is 35.3. The van der Waals surface area contributed by atoms with Crippen LogP contribution in [0.5, 0.6) is 0 Å². The highest BCUT2D eigenvalue weighted by Gasteiger charge is 2.44. The lowest BCUT2D eigenvalue weighted by Crippen LogP contribution is -2.39. The van der Waals surface area contributed by atoms with Gasteiger partial charge in [-0.25, -0.2) is 13.6 Å². The van der Waals surface area contributed by atoms with Gasteiger partial charge in [0.15, 0.2) is 22.7 Å². The maximum atomic E-state index is 14.3. The van der Waals surface area contributed by atoms with Crippen LogP contribution in [0.4, 0.5) is 8.78 Å². The number of aromatic carboxylic acids is 1. The lowest BCUT2D eigenvalue weighted by molar-refractivity contribution is 0.0692. The van der Waals surface area contributed by atoms with E-state index < -0.39 is 34.9 Å². The topological polar surface area (TPSA) is 68.5 Å². The molecule has 112 valence electrons. The Balaban J connectivity index is 2.42. The SMILES string of the molecule is C[C@H]1COC2=C(F)C(C)(F)Cc3c2n1cc(C(=O)O)c3=O. The minimum atomic E-state index is -2.38. The van der Waals surface area contributed by atoms with E-state index in [2.05, 4.69) is 0 Å². The molecule has 0 radical (unpaired) electrons. The van der Waals surface area contributed by atoms with Gasteiger partial charge in [0.1, 0.15) is 12.2 Å². The molecule has 1 aliphatic heterocycles. The first-order valence-electron chi connectivity index (χ1n) is 6.47. The second kappa shape index (κ2) is 4.16. The van der Waals surface area contributed by atoms with E-state index in [-0.39, 0.29) is 29.7 Å². The number of carboxylic acid groups (broad SMARTS) is 1. The number of pyridine rings is 1. The summed E-state index contributed by atoms with van der Waals surface area (Å²) in [6, 6.07) is -0.280. The maximum Gasteiger partial charge on any atom is 0.341 e. The Morgan fingerprint density at radius 1 is 1.57 bits per heavy atom. The number of hydrogen-bond acceptors (Lipinski definition) is 3. The summed E-state index contributed by atoms with van der Waals surface area (Å²) in [6.07, 6.45) is 0.665. The molecule has 0 saturated carbocycles. The van der Waals surface area contributed by atoms with Crippen molar-refractivity contribution in [3.05, 3.63) is 39.1 Å². The van der Waals surface area contributed by atoms with Crippen molar-refractivity contribution < 1.29 is 23.4 Å². The monoisotopic (exact) mass is 297 g/mol. The molecular formula is C14H13F2NO4. The van der Waals surface area contributed by atoms with Crippen LogP contribution in [0.15, 0.2) is 16.8 Å². The molecular weight excluding hydrogens is 284 g/mol. The van der Waals surface area contributed by atoms with E-state index in [0.29, 0.717) is 0 Å². The minimum absolute atomic E-state index is 0.0529. The molecule has 0 amide bonds. The summed E-state index contributed by atoms with van der Waals surface area (Å²) in [5.74, 6) is -2.74. The van der Waals surface area contributed by atoms with Crippen LogP contribution in [0.2, 0.25) is 0 Å². The summed E-state index contributed by atoms with van der Waals surface area (Å²) in [6.45, 7) is 2.83. The smallest absolute Gasteiger partial charge is 0.341 e. The van der Waals surface area contributed by atoms with Gasteiger partial charge in [-0.05, 0) is 13.8 Å². The normalized spacial score (nSPS) is 27.1. The van der Waals surface area contributed by atoms with Crippen molar-refractivity contribution in [2.24, 2.45) is 0 Å². The fourth-order valence-electron chi connectivity index (χ4n) is 2.77. The zero-order valence-electron chi connectivity index (χ0n) is 11.4. The van der Waals surface area contributed by atoms with Crippen LogP contribution in [0.3, 0.4) is 0 Å². The molecule has 1 N–H and O–H groups in total. The molecule has 7 heteroatoms. The summed E-state index contributed by atoms with van der Waals surface area (Å²) >= 11 is 0. The van der Waals surface area contributed by atoms with Crippen molar-refractivity contribution >= 4 is 11.7 Å². The van der Waals surface area contributed by atoms with E-state index in [1.807, 2.05) is 0 Å². The van der Waals surface area contributed by atoms with Gasteiger partial charge in [0.2, 0.25) is 0 Å². The fraction of sp³-hybridized carbons (Fsp3) is 0.429. The fourth-order valence-corrected chi connectivity index (χ4v) is 2.77. The van der Waals surface area contributed by atoms with Crippen LogP contribution >= 0.6 is 0 Å². The second-order valence-corrected chi connectivity index (χ2v) is 5.59. The van der Waals surface area contributed by atoms with Gasteiger partial charge >= 0.3 is 5.97 Å². The Morgan fingerprint density at radius 2 is 2.24 bits per heavy atom. The maximum absolute atomic E-state index is 14.3. The zero-order valence-corrected chi connectivity index (χ0v) is 11.4. The molecule has 0 spiro atoms. The molecule has 0 aromatic carbocycles. The number of hydrogen-bond donors (Lipinski definition) is 1. The summed E-state index contributed by atoms with van der Waals surface area (Å²) in [5.41, 5.74) is -3.52. The number of ether oxygens (including phenoxy) is 1. The second-order valence-electron chi connectivity index (χ2n) is 5.59. The number of alkyl halides is 1. The molecule has 2 atom stereocenters. The molecule has 21 heavy (non-hydrogen) atoms. The van der Waals surface area contributed by atoms with Crippen LogP contribution in [0, 0.1) is 0 Å². The van der Waals surface area contributed by atoms with Gasteiger partial charge in [-0.1, -0.05) is 0 Å². The molecule has 1 unspecified atom stereocenters. The standard InChI is InChI=1S/C14H13F2NO4/c1-6-5-21-11-9-7(3-14(2,16)12(11)15)10(18)8(13(19)20)4-17(6)9/h4,6H,3,5H2,1-2H3,(H,19,20)/t6-,14?/m0/s1. The largest absolute Gasteiger partial charge is 0.486 e. The van der Waals surface area contributed by atoms with Gasteiger partial charge in [0, 0.05) is 18.2 Å². The van der Waals surface area contributed by atoms with E-state index >= 15 is 0 Å². The molecule has 1 aliphatic carbocycles. The molecule has 0 bridgehead atoms. The van der Waals surface area contributed by atoms with E-state index in [4.69, 9.17) is 9.84 Å². The van der Waals surface area contributed by atoms with E-state index in [1.54, 1.807) is 6.92 Å². The third-order valence-electron chi connectivity index (χ3n) is 3.89. The average molecular weight is 297 g/mol. The van der Waals surface area contributed by atoms with Crippen LogP contribution in [0.1, 0.15) is 41.5 Å². The molecule has 0 saturated heterocycles. The highest BCUT2D eigenvalue weighted by molar-refractivity contribution is 5.88. The minimum Gasteiger partial charge on any atom is -0.486 e. The van der Waals surface area contributed by atoms with E-state index in [1.165, 1.54) is 10.8 Å². The van der Waals surface area contributed by atoms with E-state index in [0.717, 1.165) is 6.92 Å². The van der Waals surface area contributed by atoms with Crippen molar-refractivity contribution in [1.82, 2.24) is 4.57 Å². The van der Waals surface area contributed by atoms with Crippen LogP contribution in [0.25, 0.3) is 5.76 Å². The zero-order chi connectivity index (χ0) is 15.5. The highest BCUT2D eigenvalue weighted by atomic mass is 19.2. The Bertz CT molecular complexity index is 748. The van der Waals surface area contributed by atoms with Gasteiger partial charge in [0.25, 0.3) is 0 Å². The number of halogens is 2. The first kappa shape index (κ1) is 13.8. The van der Waals surface area contributed by atoms with E-state index in [9.17, 15) is 18.4 Å². The molecule has 0 fully saturated rings. The number of nitrogens with zero attached hydrogens (tertiary/aromatic N) is 1. The third-order valence-corrected chi connectivity index (χ3v) is 3.89. The molecule has 1 aromatic rings. The number of carboxylic acids is 1. The lowest BCUT2D eigenvalue weighted by atomic mass is 9.87. The highest BCUT2D eigenvalue weighted by Crippen LogP contribution is 2.42. The van der Waals surface area contributed by atoms with Crippen molar-refractivity contribution in [3.8, 4) is 0 Å². The molecule has 1 aromatic heterocycles. The van der Waals surface area contributed by atoms with Gasteiger partial charge in [-0.3, -0.25) is 4.79 Å². The summed E-state index contributed by atoms with van der Waals surface area (Å²) in [7, 11) is 0. The molecule has 2 aliphatic rings. The van der Waals surface area contributed by atoms with Crippen LogP contribution < -0.4 is 5.43 Å². The number of allylic oxidation sites excluding steroid dienone is 1. The predicted octanol–water partition coefficient (Wildman–Crippen LogP) is 2.06. The third kappa shape index (κ3) is 1.80. The van der Waals surface area contributed by atoms with Crippen molar-refractivity contribution in [2.45, 2.75) is 32.0 Å². The Labute approximate surface area is 118 Å². The molecule has 3 rings (SSSR count). The summed E-state index contributed by atoms with van der Waals surface area (Å²) in [4.78, 5) is 23.4. The van der Waals surface area contributed by atoms with Crippen molar-refractivity contribution in [1.29, 1.82) is 0 Å². The Kier molecular flexibility index (Phi) is 2.73. The predicted molar refractivity (Wildman–Crippen MR) is 69.6 cm³/mol. The Morgan fingerprint density at radius 3 is 2.86 bits per heavy atom. The van der Waals surface area contributed by atoms with Crippen molar-refractivity contribution in [3.63, 3.8) is 0 Å². The van der Waals surface area contributed by atoms with Gasteiger partial charge < -0.3 is 14.4 Å². The van der Waals surface area contributed by atoms with Gasteiger partial charge in [-0.2, -0.15) is 0 Å². The summed E-state index contributed by atoms with van der Waals surface area (Å²) in [5, 5.41) is 9.12. The van der Waals surface area contributed by atoms with Gasteiger partial charge in [-0.15, -0.1) is 0 Å². The Hall–Kier alpha value is -2.18. The van der Waals surface area contributed by atoms with Crippen LogP contribution in [-0.4, -0.2) is 27.9 Å². The average Bonchev–Trinajstić information content (AvgIpc) is 2.40. The molecule has 2 heterocycles. The number of carbonyl (C=O) groups is 1. The first-order valence-corrected chi connectivity index (χ1v) is 6.47. The van der Waals surface area contributed by atoms with Crippen LogP contribution in [-0.2, 0) is 11.2 Å². The number of aromatic nitrogens is 1. The lowest BCUT2D eigenvalue weighted by Gasteiger charge is -2.36. The first-order chi connectivity index (χ1) is 9.74. The van der Waals surface area contributed by atoms with Crippen molar-refractivity contribution in [2.75, 3.05) is 6.61 Å². The molecule has 5 nitrogen and oxygen atoms in total.